The highest BCUT2D eigenvalue weighted by Gasteiger charge is 2.38. The van der Waals surface area contributed by atoms with Crippen molar-refractivity contribution in [3.05, 3.63) is 35.9 Å². The van der Waals surface area contributed by atoms with Gasteiger partial charge in [0, 0.05) is 17.9 Å². The Morgan fingerprint density at radius 3 is 2.15 bits per heavy atom. The molecule has 0 saturated carbocycles. The standard InChI is InChI=1S/C16H21NO2Si/c1-16(2,3)20(4,5)19-14-8-6-12(7-9-14)13-10-15(18)17-11-13/h6-11H,1-5H3. The number of hydrogen-bond acceptors (Lipinski definition) is 2. The van der Waals surface area contributed by atoms with E-state index in [4.69, 9.17) is 4.43 Å². The van der Waals surface area contributed by atoms with Crippen LogP contribution in [-0.4, -0.2) is 20.4 Å². The summed E-state index contributed by atoms with van der Waals surface area (Å²) in [5.41, 5.74) is 1.84. The lowest BCUT2D eigenvalue weighted by Gasteiger charge is -2.36. The van der Waals surface area contributed by atoms with Gasteiger partial charge in [-0.1, -0.05) is 32.9 Å². The van der Waals surface area contributed by atoms with E-state index in [0.717, 1.165) is 16.9 Å². The monoisotopic (exact) mass is 287 g/mol. The lowest BCUT2D eigenvalue weighted by Crippen LogP contribution is -2.43. The number of carbonyl (C=O) groups is 1. The third-order valence-electron chi connectivity index (χ3n) is 3.98. The molecule has 3 nitrogen and oxygen atoms in total. The zero-order valence-electron chi connectivity index (χ0n) is 12.7. The largest absolute Gasteiger partial charge is 0.544 e. The molecule has 0 atom stereocenters. The van der Waals surface area contributed by atoms with Gasteiger partial charge in [-0.05, 0) is 35.8 Å². The van der Waals surface area contributed by atoms with Crippen molar-refractivity contribution >= 4 is 26.0 Å². The third kappa shape index (κ3) is 3.07. The molecule has 0 N–H and O–H groups in total. The minimum absolute atomic E-state index is 0.179. The normalized spacial score (nSPS) is 15.4. The number of carbonyl (C=O) groups excluding carboxylic acids is 1. The Hall–Kier alpha value is -1.68. The minimum Gasteiger partial charge on any atom is -0.544 e. The molecular weight excluding hydrogens is 266 g/mol. The molecule has 0 aromatic heterocycles. The van der Waals surface area contributed by atoms with Gasteiger partial charge in [0.25, 0.3) is 5.91 Å². The van der Waals surface area contributed by atoms with Crippen LogP contribution in [0.5, 0.6) is 5.75 Å². The van der Waals surface area contributed by atoms with Gasteiger partial charge in [-0.2, -0.15) is 0 Å². The molecule has 1 aromatic carbocycles. The second kappa shape index (κ2) is 5.02. The van der Waals surface area contributed by atoms with Gasteiger partial charge in [0.15, 0.2) is 0 Å². The van der Waals surface area contributed by atoms with Crippen molar-refractivity contribution in [2.75, 3.05) is 0 Å². The Kier molecular flexibility index (Phi) is 3.69. The van der Waals surface area contributed by atoms with E-state index in [0.29, 0.717) is 0 Å². The molecular formula is C16H21NO2Si. The fraction of sp³-hybridized carbons (Fsp3) is 0.375. The maximum atomic E-state index is 11.1. The molecule has 0 saturated heterocycles. The molecule has 0 unspecified atom stereocenters. The molecule has 1 aliphatic heterocycles. The van der Waals surface area contributed by atoms with Gasteiger partial charge in [-0.3, -0.25) is 4.79 Å². The first kappa shape index (κ1) is 14.7. The first-order chi connectivity index (χ1) is 9.19. The van der Waals surface area contributed by atoms with Crippen LogP contribution in [0.25, 0.3) is 5.57 Å². The average molecular weight is 287 g/mol. The van der Waals surface area contributed by atoms with Crippen LogP contribution in [0.2, 0.25) is 18.1 Å². The predicted octanol–water partition coefficient (Wildman–Crippen LogP) is 4.07. The zero-order valence-corrected chi connectivity index (χ0v) is 13.7. The summed E-state index contributed by atoms with van der Waals surface area (Å²) < 4.78 is 6.22. The lowest BCUT2D eigenvalue weighted by molar-refractivity contribution is -0.113. The van der Waals surface area contributed by atoms with Crippen molar-refractivity contribution in [1.82, 2.24) is 0 Å². The first-order valence-corrected chi connectivity index (χ1v) is 9.69. The number of nitrogens with zero attached hydrogens (tertiary/aromatic N) is 1. The molecule has 1 heterocycles. The molecule has 4 heteroatoms. The van der Waals surface area contributed by atoms with E-state index in [1.807, 2.05) is 24.3 Å². The van der Waals surface area contributed by atoms with Crippen LogP contribution >= 0.6 is 0 Å². The first-order valence-electron chi connectivity index (χ1n) is 6.78. The lowest BCUT2D eigenvalue weighted by atomic mass is 10.1. The summed E-state index contributed by atoms with van der Waals surface area (Å²) in [6.07, 6.45) is 3.15. The Labute approximate surface area is 121 Å². The molecule has 1 aliphatic rings. The number of benzene rings is 1. The number of aliphatic imine (C=N–C) groups is 1. The Balaban J connectivity index is 2.16. The summed E-state index contributed by atoms with van der Waals surface area (Å²) in [6.45, 7) is 11.1. The van der Waals surface area contributed by atoms with Crippen LogP contribution in [0.15, 0.2) is 35.3 Å². The molecule has 106 valence electrons. The summed E-state index contributed by atoms with van der Waals surface area (Å²) in [5.74, 6) is 0.698. The second-order valence-electron chi connectivity index (χ2n) is 6.58. The van der Waals surface area contributed by atoms with Crippen molar-refractivity contribution in [3.8, 4) is 5.75 Å². The van der Waals surface area contributed by atoms with Gasteiger partial charge in [0.2, 0.25) is 8.32 Å². The van der Waals surface area contributed by atoms with E-state index >= 15 is 0 Å². The number of allylic oxidation sites excluding steroid dienone is 1. The molecule has 0 bridgehead atoms. The Bertz CT molecular complexity index is 577. The van der Waals surface area contributed by atoms with Gasteiger partial charge in [-0.15, -0.1) is 0 Å². The van der Waals surface area contributed by atoms with E-state index in [1.165, 1.54) is 0 Å². The number of rotatable bonds is 3. The topological polar surface area (TPSA) is 38.7 Å². The maximum absolute atomic E-state index is 11.1. The van der Waals surface area contributed by atoms with Crippen LogP contribution in [0.4, 0.5) is 0 Å². The van der Waals surface area contributed by atoms with Gasteiger partial charge >= 0.3 is 0 Å². The number of amides is 1. The van der Waals surface area contributed by atoms with Crippen molar-refractivity contribution in [2.45, 2.75) is 38.9 Å². The van der Waals surface area contributed by atoms with Crippen LogP contribution in [0.3, 0.4) is 0 Å². The molecule has 0 aliphatic carbocycles. The van der Waals surface area contributed by atoms with Gasteiger partial charge in [0.05, 0.1) is 0 Å². The molecule has 0 spiro atoms. The third-order valence-corrected chi connectivity index (χ3v) is 8.34. The molecule has 1 amide bonds. The van der Waals surface area contributed by atoms with Crippen molar-refractivity contribution in [1.29, 1.82) is 0 Å². The van der Waals surface area contributed by atoms with E-state index < -0.39 is 8.32 Å². The smallest absolute Gasteiger partial charge is 0.270 e. The van der Waals surface area contributed by atoms with Gasteiger partial charge in [0.1, 0.15) is 5.75 Å². The highest BCUT2D eigenvalue weighted by molar-refractivity contribution is 6.74. The summed E-state index contributed by atoms with van der Waals surface area (Å²) in [5, 5.41) is 0.179. The quantitative estimate of drug-likeness (QED) is 0.786. The highest BCUT2D eigenvalue weighted by atomic mass is 28.4. The number of hydrogen-bond donors (Lipinski definition) is 0. The van der Waals surface area contributed by atoms with E-state index in [9.17, 15) is 4.79 Å². The van der Waals surface area contributed by atoms with Crippen LogP contribution in [0, 0.1) is 0 Å². The average Bonchev–Trinajstić information content (AvgIpc) is 2.75. The van der Waals surface area contributed by atoms with Crippen molar-refractivity contribution in [2.24, 2.45) is 4.99 Å². The van der Waals surface area contributed by atoms with E-state index in [1.54, 1.807) is 12.3 Å². The van der Waals surface area contributed by atoms with Crippen LogP contribution in [0.1, 0.15) is 26.3 Å². The zero-order chi connectivity index (χ0) is 15.0. The molecule has 20 heavy (non-hydrogen) atoms. The molecule has 0 radical (unpaired) electrons. The van der Waals surface area contributed by atoms with Crippen molar-refractivity contribution < 1.29 is 9.22 Å². The fourth-order valence-corrected chi connectivity index (χ4v) is 2.69. The summed E-state index contributed by atoms with van der Waals surface area (Å²) in [7, 11) is -1.80. The Morgan fingerprint density at radius 1 is 1.10 bits per heavy atom. The van der Waals surface area contributed by atoms with Crippen molar-refractivity contribution in [3.63, 3.8) is 0 Å². The van der Waals surface area contributed by atoms with Gasteiger partial charge in [-0.25, -0.2) is 4.99 Å². The molecule has 2 rings (SSSR count). The Morgan fingerprint density at radius 2 is 1.70 bits per heavy atom. The van der Waals surface area contributed by atoms with Crippen LogP contribution in [-0.2, 0) is 4.79 Å². The molecule has 0 fully saturated rings. The van der Waals surface area contributed by atoms with E-state index in [-0.39, 0.29) is 10.9 Å². The maximum Gasteiger partial charge on any atom is 0.270 e. The highest BCUT2D eigenvalue weighted by Crippen LogP contribution is 2.37. The summed E-state index contributed by atoms with van der Waals surface area (Å²) in [6, 6.07) is 7.87. The minimum atomic E-state index is -1.80. The second-order valence-corrected chi connectivity index (χ2v) is 11.3. The van der Waals surface area contributed by atoms with Gasteiger partial charge < -0.3 is 4.43 Å². The fourth-order valence-electron chi connectivity index (χ4n) is 1.66. The summed E-state index contributed by atoms with van der Waals surface area (Å²) in [4.78, 5) is 14.8. The van der Waals surface area contributed by atoms with E-state index in [2.05, 4.69) is 38.9 Å². The molecule has 1 aromatic rings. The summed E-state index contributed by atoms with van der Waals surface area (Å²) >= 11 is 0. The SMILES string of the molecule is CC(C)(C)[Si](C)(C)Oc1ccc(C2=CC(=O)N=C2)cc1. The van der Waals surface area contributed by atoms with Crippen LogP contribution < -0.4 is 4.43 Å². The predicted molar refractivity (Wildman–Crippen MR) is 85.7 cm³/mol.